The van der Waals surface area contributed by atoms with Crippen molar-refractivity contribution in [3.05, 3.63) is 45.9 Å². The number of benzene rings is 1. The number of esters is 1. The van der Waals surface area contributed by atoms with Crippen LogP contribution in [0.1, 0.15) is 29.9 Å². The highest BCUT2D eigenvalue weighted by molar-refractivity contribution is 8.00. The molecule has 1 N–H and O–H groups in total. The first kappa shape index (κ1) is 23.4. The van der Waals surface area contributed by atoms with Crippen LogP contribution in [0, 0.1) is 0 Å². The van der Waals surface area contributed by atoms with Gasteiger partial charge < -0.3 is 14.8 Å². The van der Waals surface area contributed by atoms with Crippen molar-refractivity contribution in [2.75, 3.05) is 31.4 Å². The summed E-state index contributed by atoms with van der Waals surface area (Å²) in [5.41, 5.74) is 1.72. The predicted octanol–water partition coefficient (Wildman–Crippen LogP) is 2.83. The number of nitrogens with zero attached hydrogens (tertiary/aromatic N) is 2. The van der Waals surface area contributed by atoms with Crippen molar-refractivity contribution in [2.24, 2.45) is 0 Å². The number of thioether (sulfide) groups is 2. The summed E-state index contributed by atoms with van der Waals surface area (Å²) in [7, 11) is 1.58. The third-order valence-electron chi connectivity index (χ3n) is 4.49. The van der Waals surface area contributed by atoms with Crippen LogP contribution in [0.5, 0.6) is 0 Å². The van der Waals surface area contributed by atoms with Crippen molar-refractivity contribution in [2.45, 2.75) is 42.1 Å². The smallest absolute Gasteiger partial charge is 0.338 e. The van der Waals surface area contributed by atoms with E-state index in [-0.39, 0.29) is 17.2 Å². The number of amides is 1. The molecule has 0 saturated carbocycles. The van der Waals surface area contributed by atoms with Crippen LogP contribution in [0.3, 0.4) is 0 Å². The second-order valence-electron chi connectivity index (χ2n) is 6.89. The topological polar surface area (TPSA) is 99.5 Å². The van der Waals surface area contributed by atoms with Crippen LogP contribution in [0.2, 0.25) is 0 Å². The molecule has 166 valence electrons. The summed E-state index contributed by atoms with van der Waals surface area (Å²) in [6, 6.07) is 6.50. The Bertz CT molecular complexity index is 1010. The molecule has 0 saturated heterocycles. The van der Waals surface area contributed by atoms with Crippen molar-refractivity contribution < 1.29 is 19.1 Å². The molecule has 1 atom stereocenters. The summed E-state index contributed by atoms with van der Waals surface area (Å²) in [5.74, 6) is -0.537. The predicted molar refractivity (Wildman–Crippen MR) is 121 cm³/mol. The number of nitrogens with one attached hydrogen (secondary N) is 1. The third-order valence-corrected chi connectivity index (χ3v) is 6.69. The second kappa shape index (κ2) is 10.8. The van der Waals surface area contributed by atoms with Gasteiger partial charge in [-0.3, -0.25) is 14.2 Å². The largest absolute Gasteiger partial charge is 0.462 e. The van der Waals surface area contributed by atoms with Gasteiger partial charge in [0.05, 0.1) is 41.7 Å². The van der Waals surface area contributed by atoms with Crippen LogP contribution in [0.25, 0.3) is 0 Å². The Hall–Kier alpha value is -2.30. The van der Waals surface area contributed by atoms with Crippen LogP contribution in [0.15, 0.2) is 39.1 Å². The average molecular weight is 464 g/mol. The summed E-state index contributed by atoms with van der Waals surface area (Å²) in [6.45, 7) is 4.88. The maximum atomic E-state index is 12.9. The lowest BCUT2D eigenvalue weighted by molar-refractivity contribution is -0.113. The minimum Gasteiger partial charge on any atom is -0.462 e. The number of aromatic nitrogens is 2. The normalized spacial score (nSPS) is 14.9. The Kier molecular flexibility index (Phi) is 8.16. The van der Waals surface area contributed by atoms with Gasteiger partial charge in [0.25, 0.3) is 5.56 Å². The molecule has 1 aliphatic rings. The molecule has 2 aromatic rings. The van der Waals surface area contributed by atoms with E-state index >= 15 is 0 Å². The molecule has 0 spiro atoms. The summed E-state index contributed by atoms with van der Waals surface area (Å²) < 4.78 is 11.7. The molecular weight excluding hydrogens is 438 g/mol. The van der Waals surface area contributed by atoms with E-state index in [1.165, 1.54) is 11.8 Å². The third kappa shape index (κ3) is 5.90. The molecule has 1 amide bonds. The molecule has 1 aromatic carbocycles. The molecule has 0 bridgehead atoms. The highest BCUT2D eigenvalue weighted by Gasteiger charge is 2.26. The minimum absolute atomic E-state index is 0.0751. The van der Waals surface area contributed by atoms with Crippen molar-refractivity contribution >= 4 is 41.1 Å². The van der Waals surface area contributed by atoms with E-state index in [1.54, 1.807) is 54.6 Å². The molecule has 1 aromatic heterocycles. The van der Waals surface area contributed by atoms with Gasteiger partial charge >= 0.3 is 5.97 Å². The van der Waals surface area contributed by atoms with Crippen LogP contribution < -0.4 is 10.9 Å². The number of carbonyl (C=O) groups excluding carboxylic acids is 2. The highest BCUT2D eigenvalue weighted by Crippen LogP contribution is 2.34. The summed E-state index contributed by atoms with van der Waals surface area (Å²) in [4.78, 5) is 42.4. The molecule has 8 nitrogen and oxygen atoms in total. The molecule has 31 heavy (non-hydrogen) atoms. The van der Waals surface area contributed by atoms with Crippen molar-refractivity contribution in [3.63, 3.8) is 0 Å². The lowest BCUT2D eigenvalue weighted by Gasteiger charge is -2.13. The van der Waals surface area contributed by atoms with Crippen molar-refractivity contribution in [1.82, 2.24) is 9.55 Å². The van der Waals surface area contributed by atoms with Gasteiger partial charge in [-0.1, -0.05) is 18.7 Å². The molecule has 10 heteroatoms. The standard InChI is InChI=1S/C21H25N3O5S2/c1-4-29-20(27)14-5-7-15(8-6-14)22-17(25)12-30-21-23-16-11-13(2)31-18(16)19(26)24(21)9-10-28-3/h5-8,13H,4,9-12H2,1-3H3,(H,22,25)/t13-/m0/s1. The molecule has 2 heterocycles. The van der Waals surface area contributed by atoms with Crippen molar-refractivity contribution in [1.29, 1.82) is 0 Å². The number of anilines is 1. The fourth-order valence-corrected chi connectivity index (χ4v) is 5.01. The Balaban J connectivity index is 1.67. The van der Waals surface area contributed by atoms with E-state index in [2.05, 4.69) is 17.2 Å². The van der Waals surface area contributed by atoms with Crippen LogP contribution in [0.4, 0.5) is 5.69 Å². The molecule has 0 radical (unpaired) electrons. The highest BCUT2D eigenvalue weighted by atomic mass is 32.2. The average Bonchev–Trinajstić information content (AvgIpc) is 3.13. The monoisotopic (exact) mass is 463 g/mol. The van der Waals surface area contributed by atoms with Gasteiger partial charge in [0.2, 0.25) is 5.91 Å². The van der Waals surface area contributed by atoms with Gasteiger partial charge in [0.15, 0.2) is 5.16 Å². The molecule has 0 aliphatic carbocycles. The SMILES string of the molecule is CCOC(=O)c1ccc(NC(=O)CSc2nc3c(c(=O)n2CCOC)S[C@@H](C)C3)cc1. The Morgan fingerprint density at radius 3 is 2.74 bits per heavy atom. The molecule has 1 aliphatic heterocycles. The Morgan fingerprint density at radius 2 is 2.06 bits per heavy atom. The quantitative estimate of drug-likeness (QED) is 0.344. The number of methoxy groups -OCH3 is 1. The number of hydrogen-bond acceptors (Lipinski definition) is 8. The van der Waals surface area contributed by atoms with E-state index in [1.807, 2.05) is 0 Å². The van der Waals surface area contributed by atoms with Crippen LogP contribution in [-0.2, 0) is 27.2 Å². The van der Waals surface area contributed by atoms with E-state index in [0.29, 0.717) is 46.3 Å². The van der Waals surface area contributed by atoms with Gasteiger partial charge in [-0.25, -0.2) is 9.78 Å². The zero-order valence-electron chi connectivity index (χ0n) is 17.7. The molecule has 3 rings (SSSR count). The van der Waals surface area contributed by atoms with Crippen LogP contribution >= 0.6 is 23.5 Å². The van der Waals surface area contributed by atoms with E-state index in [4.69, 9.17) is 9.47 Å². The zero-order chi connectivity index (χ0) is 22.4. The second-order valence-corrected chi connectivity index (χ2v) is 9.28. The van der Waals surface area contributed by atoms with Crippen molar-refractivity contribution in [3.8, 4) is 0 Å². The first-order valence-corrected chi connectivity index (χ1v) is 11.8. The zero-order valence-corrected chi connectivity index (χ0v) is 19.3. The minimum atomic E-state index is -0.403. The lowest BCUT2D eigenvalue weighted by atomic mass is 10.2. The Morgan fingerprint density at radius 1 is 1.32 bits per heavy atom. The van der Waals surface area contributed by atoms with Gasteiger partial charge in [0.1, 0.15) is 0 Å². The Labute approximate surface area is 189 Å². The van der Waals surface area contributed by atoms with E-state index < -0.39 is 5.97 Å². The fourth-order valence-electron chi connectivity index (χ4n) is 3.05. The first-order chi connectivity index (χ1) is 14.9. The molecule has 0 unspecified atom stereocenters. The maximum Gasteiger partial charge on any atom is 0.338 e. The summed E-state index contributed by atoms with van der Waals surface area (Å²) in [6.07, 6.45) is 0.743. The van der Waals surface area contributed by atoms with Gasteiger partial charge in [-0.2, -0.15) is 0 Å². The van der Waals surface area contributed by atoms with Gasteiger partial charge in [0, 0.05) is 24.5 Å². The summed E-state index contributed by atoms with van der Waals surface area (Å²) in [5, 5.41) is 3.62. The van der Waals surface area contributed by atoms with E-state index in [0.717, 1.165) is 12.1 Å². The van der Waals surface area contributed by atoms with E-state index in [9.17, 15) is 14.4 Å². The number of hydrogen-bond donors (Lipinski definition) is 1. The number of ether oxygens (including phenoxy) is 2. The summed E-state index contributed by atoms with van der Waals surface area (Å²) >= 11 is 2.77. The fraction of sp³-hybridized carbons (Fsp3) is 0.429. The van der Waals surface area contributed by atoms with Gasteiger partial charge in [-0.05, 0) is 31.2 Å². The number of fused-ring (bicyclic) bond motifs is 1. The molecule has 0 fully saturated rings. The molecular formula is C21H25N3O5S2. The maximum absolute atomic E-state index is 12.9. The number of rotatable bonds is 9. The van der Waals surface area contributed by atoms with Crippen LogP contribution in [-0.4, -0.2) is 52.8 Å². The van der Waals surface area contributed by atoms with Gasteiger partial charge in [-0.15, -0.1) is 11.8 Å². The number of carbonyl (C=O) groups is 2. The lowest BCUT2D eigenvalue weighted by Crippen LogP contribution is -2.27. The first-order valence-electron chi connectivity index (χ1n) is 9.92.